The Labute approximate surface area is 124 Å². The molecule has 1 atom stereocenters. The van der Waals surface area contributed by atoms with Crippen LogP contribution in [0.15, 0.2) is 23.1 Å². The number of sulfonamides is 1. The summed E-state index contributed by atoms with van der Waals surface area (Å²) in [6.07, 6.45) is 2.24. The summed E-state index contributed by atoms with van der Waals surface area (Å²) in [5.74, 6) is -1.15. The molecule has 0 radical (unpaired) electrons. The number of aliphatic hydroxyl groups is 1. The number of aromatic carboxylic acids is 1. The lowest BCUT2D eigenvalue weighted by molar-refractivity contribution is 0.0696. The van der Waals surface area contributed by atoms with Crippen molar-refractivity contribution in [2.24, 2.45) is 0 Å². The molecular weight excluding hydrogens is 294 g/mol. The van der Waals surface area contributed by atoms with Crippen LogP contribution < -0.4 is 0 Å². The van der Waals surface area contributed by atoms with Crippen LogP contribution in [0.25, 0.3) is 0 Å². The van der Waals surface area contributed by atoms with Gasteiger partial charge >= 0.3 is 5.97 Å². The first-order valence-electron chi connectivity index (χ1n) is 6.84. The van der Waals surface area contributed by atoms with Crippen LogP contribution in [-0.2, 0) is 10.0 Å². The summed E-state index contributed by atoms with van der Waals surface area (Å²) in [7, 11) is -3.79. The molecule has 1 aliphatic rings. The summed E-state index contributed by atoms with van der Waals surface area (Å²) < 4.78 is 26.6. The third-order valence-electron chi connectivity index (χ3n) is 3.83. The zero-order valence-corrected chi connectivity index (χ0v) is 12.6. The molecule has 0 spiro atoms. The van der Waals surface area contributed by atoms with Gasteiger partial charge in [0.05, 0.1) is 17.1 Å². The Morgan fingerprint density at radius 2 is 2.10 bits per heavy atom. The fourth-order valence-electron chi connectivity index (χ4n) is 2.60. The summed E-state index contributed by atoms with van der Waals surface area (Å²) in [4.78, 5) is 11.1. The van der Waals surface area contributed by atoms with Crippen LogP contribution >= 0.6 is 0 Å². The molecule has 6 nitrogen and oxygen atoms in total. The summed E-state index contributed by atoms with van der Waals surface area (Å²) >= 11 is 0. The van der Waals surface area contributed by atoms with Gasteiger partial charge in [-0.3, -0.25) is 0 Å². The minimum absolute atomic E-state index is 0.0198. The highest BCUT2D eigenvalue weighted by Gasteiger charge is 2.33. The van der Waals surface area contributed by atoms with E-state index in [-0.39, 0.29) is 17.1 Å². The first-order valence-corrected chi connectivity index (χ1v) is 8.28. The lowest BCUT2D eigenvalue weighted by atomic mass is 10.1. The molecule has 0 aliphatic carbocycles. The summed E-state index contributed by atoms with van der Waals surface area (Å²) in [6, 6.07) is 3.67. The molecule has 1 heterocycles. The lowest BCUT2D eigenvalue weighted by Crippen LogP contribution is -2.45. The molecule has 1 aromatic rings. The molecule has 1 saturated heterocycles. The van der Waals surface area contributed by atoms with E-state index in [1.807, 2.05) is 0 Å². The van der Waals surface area contributed by atoms with E-state index < -0.39 is 22.0 Å². The fourth-order valence-corrected chi connectivity index (χ4v) is 4.31. The van der Waals surface area contributed by atoms with Crippen LogP contribution in [0.1, 0.15) is 35.2 Å². The average Bonchev–Trinajstić information content (AvgIpc) is 2.47. The molecule has 0 amide bonds. The Morgan fingerprint density at radius 3 is 2.71 bits per heavy atom. The molecule has 0 bridgehead atoms. The van der Waals surface area contributed by atoms with Crippen molar-refractivity contribution in [1.82, 2.24) is 4.31 Å². The second-order valence-electron chi connectivity index (χ2n) is 5.23. The van der Waals surface area contributed by atoms with Crippen molar-refractivity contribution in [3.05, 3.63) is 29.3 Å². The van der Waals surface area contributed by atoms with Gasteiger partial charge in [-0.1, -0.05) is 12.5 Å². The van der Waals surface area contributed by atoms with E-state index in [0.717, 1.165) is 12.8 Å². The highest BCUT2D eigenvalue weighted by Crippen LogP contribution is 2.26. The van der Waals surface area contributed by atoms with Crippen molar-refractivity contribution in [1.29, 1.82) is 0 Å². The van der Waals surface area contributed by atoms with E-state index >= 15 is 0 Å². The van der Waals surface area contributed by atoms with Gasteiger partial charge in [0, 0.05) is 12.6 Å². The zero-order chi connectivity index (χ0) is 15.6. The Hall–Kier alpha value is -1.44. The maximum Gasteiger partial charge on any atom is 0.335 e. The molecule has 2 N–H and O–H groups in total. The topological polar surface area (TPSA) is 94.9 Å². The minimum atomic E-state index is -3.79. The molecule has 1 aliphatic heterocycles. The van der Waals surface area contributed by atoms with E-state index in [2.05, 4.69) is 0 Å². The van der Waals surface area contributed by atoms with Gasteiger partial charge < -0.3 is 10.2 Å². The molecule has 0 aromatic heterocycles. The van der Waals surface area contributed by atoms with Crippen LogP contribution in [0, 0.1) is 6.92 Å². The summed E-state index contributed by atoms with van der Waals surface area (Å²) in [5, 5.41) is 18.5. The molecule has 1 aromatic carbocycles. The molecule has 0 saturated carbocycles. The van der Waals surface area contributed by atoms with Gasteiger partial charge in [0.2, 0.25) is 10.0 Å². The van der Waals surface area contributed by atoms with Crippen LogP contribution in [0.4, 0.5) is 0 Å². The maximum atomic E-state index is 12.7. The van der Waals surface area contributed by atoms with Crippen LogP contribution in [0.5, 0.6) is 0 Å². The SMILES string of the molecule is Cc1ccc(S(=O)(=O)N2CCCCC2CO)cc1C(=O)O. The Bertz CT molecular complexity index is 641. The van der Waals surface area contributed by atoms with Gasteiger partial charge in [0.15, 0.2) is 0 Å². The number of aryl methyl sites for hydroxylation is 1. The monoisotopic (exact) mass is 313 g/mol. The largest absolute Gasteiger partial charge is 0.478 e. The normalized spacial score (nSPS) is 20.4. The average molecular weight is 313 g/mol. The second kappa shape index (κ2) is 6.13. The Balaban J connectivity index is 2.43. The predicted octanol–water partition coefficient (Wildman–Crippen LogP) is 1.23. The van der Waals surface area contributed by atoms with E-state index in [1.165, 1.54) is 22.5 Å². The van der Waals surface area contributed by atoms with Crippen molar-refractivity contribution < 1.29 is 23.4 Å². The first kappa shape index (κ1) is 15.9. The van der Waals surface area contributed by atoms with Gasteiger partial charge in [-0.2, -0.15) is 4.31 Å². The number of rotatable bonds is 4. The lowest BCUT2D eigenvalue weighted by Gasteiger charge is -2.33. The van der Waals surface area contributed by atoms with Crippen molar-refractivity contribution in [2.45, 2.75) is 37.1 Å². The fraction of sp³-hybridized carbons (Fsp3) is 0.500. The van der Waals surface area contributed by atoms with Crippen molar-refractivity contribution in [2.75, 3.05) is 13.2 Å². The highest BCUT2D eigenvalue weighted by atomic mass is 32.2. The first-order chi connectivity index (χ1) is 9.87. The maximum absolute atomic E-state index is 12.7. The van der Waals surface area contributed by atoms with E-state index in [9.17, 15) is 18.3 Å². The number of carboxylic acid groups (broad SMARTS) is 1. The van der Waals surface area contributed by atoms with Crippen molar-refractivity contribution in [3.8, 4) is 0 Å². The third kappa shape index (κ3) is 3.09. The predicted molar refractivity (Wildman–Crippen MR) is 76.8 cm³/mol. The highest BCUT2D eigenvalue weighted by molar-refractivity contribution is 7.89. The standard InChI is InChI=1S/C14H19NO5S/c1-10-5-6-12(8-13(10)14(17)18)21(19,20)15-7-3-2-4-11(15)9-16/h5-6,8,11,16H,2-4,7,9H2,1H3,(H,17,18). The van der Waals surface area contributed by atoms with Crippen molar-refractivity contribution >= 4 is 16.0 Å². The van der Waals surface area contributed by atoms with Gasteiger partial charge in [0.25, 0.3) is 0 Å². The van der Waals surface area contributed by atoms with Crippen LogP contribution in [0.3, 0.4) is 0 Å². The quantitative estimate of drug-likeness (QED) is 0.871. The van der Waals surface area contributed by atoms with Gasteiger partial charge in [-0.25, -0.2) is 13.2 Å². The molecule has 7 heteroatoms. The van der Waals surface area contributed by atoms with E-state index in [4.69, 9.17) is 5.11 Å². The smallest absolute Gasteiger partial charge is 0.335 e. The van der Waals surface area contributed by atoms with E-state index in [1.54, 1.807) is 6.92 Å². The molecule has 2 rings (SSSR count). The van der Waals surface area contributed by atoms with Crippen molar-refractivity contribution in [3.63, 3.8) is 0 Å². The third-order valence-corrected chi connectivity index (χ3v) is 5.78. The summed E-state index contributed by atoms with van der Waals surface area (Å²) in [5.41, 5.74) is 0.493. The van der Waals surface area contributed by atoms with Gasteiger partial charge in [-0.15, -0.1) is 0 Å². The second-order valence-corrected chi connectivity index (χ2v) is 7.12. The number of piperidine rings is 1. The summed E-state index contributed by atoms with van der Waals surface area (Å²) in [6.45, 7) is 1.75. The number of benzene rings is 1. The Kier molecular flexibility index (Phi) is 4.65. The van der Waals surface area contributed by atoms with Gasteiger partial charge in [-0.05, 0) is 37.5 Å². The molecule has 1 fully saturated rings. The molecule has 21 heavy (non-hydrogen) atoms. The van der Waals surface area contributed by atoms with Crippen LogP contribution in [-0.4, -0.2) is 48.1 Å². The van der Waals surface area contributed by atoms with Gasteiger partial charge in [0.1, 0.15) is 0 Å². The molecular formula is C14H19NO5S. The zero-order valence-electron chi connectivity index (χ0n) is 11.8. The number of carbonyl (C=O) groups is 1. The van der Waals surface area contributed by atoms with E-state index in [0.29, 0.717) is 18.5 Å². The molecule has 1 unspecified atom stereocenters. The number of aliphatic hydroxyl groups excluding tert-OH is 1. The number of nitrogens with zero attached hydrogens (tertiary/aromatic N) is 1. The molecule has 116 valence electrons. The number of hydrogen-bond acceptors (Lipinski definition) is 4. The Morgan fingerprint density at radius 1 is 1.38 bits per heavy atom. The van der Waals surface area contributed by atoms with Crippen LogP contribution in [0.2, 0.25) is 0 Å². The minimum Gasteiger partial charge on any atom is -0.478 e. The number of hydrogen-bond donors (Lipinski definition) is 2. The number of carboxylic acids is 1.